The lowest BCUT2D eigenvalue weighted by Gasteiger charge is -2.08. The van der Waals surface area contributed by atoms with Gasteiger partial charge in [0.15, 0.2) is 0 Å². The zero-order chi connectivity index (χ0) is 9.61. The Morgan fingerprint density at radius 3 is 2.33 bits per heavy atom. The largest absolute Gasteiger partial charge is 0.328 e. The molecule has 0 heterocycles. The smallest absolute Gasteiger partial charge is 0.147 e. The van der Waals surface area contributed by atoms with Crippen LogP contribution in [0.3, 0.4) is 0 Å². The fourth-order valence-corrected chi connectivity index (χ4v) is 1.81. The van der Waals surface area contributed by atoms with Crippen molar-refractivity contribution in [3.05, 3.63) is 0 Å². The maximum atomic E-state index is 10.7. The average Bonchev–Trinajstić information content (AvgIpc) is 1.84. The highest BCUT2D eigenvalue weighted by Gasteiger charge is 2.04. The summed E-state index contributed by atoms with van der Waals surface area (Å²) in [7, 11) is -2.79. The first-order valence-corrected chi connectivity index (χ1v) is 6.45. The molecule has 4 heteroatoms. The maximum absolute atomic E-state index is 10.7. The zero-order valence-corrected chi connectivity index (χ0v) is 8.73. The van der Waals surface area contributed by atoms with E-state index in [1.165, 1.54) is 6.26 Å². The fourth-order valence-electron chi connectivity index (χ4n) is 1.12. The van der Waals surface area contributed by atoms with Crippen molar-refractivity contribution in [1.29, 1.82) is 0 Å². The average molecular weight is 193 g/mol. The molecule has 0 amide bonds. The zero-order valence-electron chi connectivity index (χ0n) is 7.91. The minimum Gasteiger partial charge on any atom is -0.328 e. The summed E-state index contributed by atoms with van der Waals surface area (Å²) in [5, 5.41) is 0. The molecular weight excluding hydrogens is 174 g/mol. The number of hydrogen-bond acceptors (Lipinski definition) is 3. The minimum absolute atomic E-state index is 0.178. The Balaban J connectivity index is 3.44. The van der Waals surface area contributed by atoms with Crippen LogP contribution in [0.1, 0.15) is 32.6 Å². The molecule has 2 N–H and O–H groups in total. The van der Waals surface area contributed by atoms with Gasteiger partial charge in [0.25, 0.3) is 0 Å². The van der Waals surface area contributed by atoms with Gasteiger partial charge in [0.1, 0.15) is 9.84 Å². The van der Waals surface area contributed by atoms with Crippen LogP contribution in [0.15, 0.2) is 0 Å². The van der Waals surface area contributed by atoms with Crippen LogP contribution < -0.4 is 5.73 Å². The number of hydrogen-bond donors (Lipinski definition) is 1. The molecule has 1 atom stereocenters. The van der Waals surface area contributed by atoms with Gasteiger partial charge in [-0.05, 0) is 19.3 Å². The molecule has 0 aromatic carbocycles. The molecule has 0 bridgehead atoms. The first kappa shape index (κ1) is 11.9. The molecule has 0 saturated heterocycles. The topological polar surface area (TPSA) is 60.2 Å². The van der Waals surface area contributed by atoms with Gasteiger partial charge in [-0.2, -0.15) is 0 Å². The highest BCUT2D eigenvalue weighted by atomic mass is 32.2. The van der Waals surface area contributed by atoms with E-state index in [-0.39, 0.29) is 11.8 Å². The second-order valence-corrected chi connectivity index (χ2v) is 5.58. The molecule has 0 rings (SSSR count). The van der Waals surface area contributed by atoms with E-state index >= 15 is 0 Å². The lowest BCUT2D eigenvalue weighted by Crippen LogP contribution is -2.20. The van der Waals surface area contributed by atoms with Crippen molar-refractivity contribution in [2.24, 2.45) is 5.73 Å². The molecule has 0 aromatic rings. The third-order valence-electron chi connectivity index (χ3n) is 1.75. The van der Waals surface area contributed by atoms with Crippen molar-refractivity contribution in [3.8, 4) is 0 Å². The van der Waals surface area contributed by atoms with E-state index in [4.69, 9.17) is 5.73 Å². The summed E-state index contributed by atoms with van der Waals surface area (Å²) in [5.41, 5.74) is 5.72. The molecule has 74 valence electrons. The van der Waals surface area contributed by atoms with Gasteiger partial charge in [0.2, 0.25) is 0 Å². The molecule has 3 nitrogen and oxygen atoms in total. The van der Waals surface area contributed by atoms with E-state index in [9.17, 15) is 8.42 Å². The minimum atomic E-state index is -2.79. The first-order chi connectivity index (χ1) is 5.45. The summed E-state index contributed by atoms with van der Waals surface area (Å²) >= 11 is 0. The van der Waals surface area contributed by atoms with Crippen molar-refractivity contribution in [1.82, 2.24) is 0 Å². The summed E-state index contributed by atoms with van der Waals surface area (Å²) in [6.45, 7) is 2.08. The third kappa shape index (κ3) is 8.01. The molecule has 0 fully saturated rings. The quantitative estimate of drug-likeness (QED) is 0.683. The van der Waals surface area contributed by atoms with Crippen LogP contribution in [0.5, 0.6) is 0 Å². The Morgan fingerprint density at radius 1 is 1.33 bits per heavy atom. The Kier molecular flexibility index (Phi) is 5.50. The Bertz CT molecular complexity index is 199. The summed E-state index contributed by atoms with van der Waals surface area (Å²) in [6, 6.07) is 0.178. The van der Waals surface area contributed by atoms with Gasteiger partial charge < -0.3 is 5.73 Å². The molecule has 0 aliphatic rings. The van der Waals surface area contributed by atoms with Gasteiger partial charge in [-0.15, -0.1) is 0 Å². The van der Waals surface area contributed by atoms with E-state index in [1.54, 1.807) is 0 Å². The monoisotopic (exact) mass is 193 g/mol. The van der Waals surface area contributed by atoms with Crippen LogP contribution in [0, 0.1) is 0 Å². The molecule has 0 saturated carbocycles. The molecule has 0 radical (unpaired) electrons. The van der Waals surface area contributed by atoms with Crippen molar-refractivity contribution in [3.63, 3.8) is 0 Å². The Labute approximate surface area is 75.3 Å². The number of rotatable bonds is 6. The molecule has 0 aromatic heterocycles. The van der Waals surface area contributed by atoms with E-state index in [1.807, 2.05) is 0 Å². The van der Waals surface area contributed by atoms with E-state index < -0.39 is 9.84 Å². The second kappa shape index (κ2) is 5.54. The SMILES string of the molecule is CCCC(N)CCCS(C)(=O)=O. The van der Waals surface area contributed by atoms with Gasteiger partial charge in [-0.3, -0.25) is 0 Å². The van der Waals surface area contributed by atoms with E-state index in [0.717, 1.165) is 19.3 Å². The maximum Gasteiger partial charge on any atom is 0.147 e. The lowest BCUT2D eigenvalue weighted by molar-refractivity contribution is 0.547. The lowest BCUT2D eigenvalue weighted by atomic mass is 10.1. The van der Waals surface area contributed by atoms with Gasteiger partial charge in [0, 0.05) is 18.1 Å². The van der Waals surface area contributed by atoms with Crippen LogP contribution in [0.4, 0.5) is 0 Å². The van der Waals surface area contributed by atoms with Crippen LogP contribution in [0.2, 0.25) is 0 Å². The van der Waals surface area contributed by atoms with Crippen molar-refractivity contribution in [2.45, 2.75) is 38.6 Å². The van der Waals surface area contributed by atoms with E-state index in [0.29, 0.717) is 6.42 Å². The van der Waals surface area contributed by atoms with Gasteiger partial charge >= 0.3 is 0 Å². The second-order valence-electron chi connectivity index (χ2n) is 3.32. The van der Waals surface area contributed by atoms with Crippen LogP contribution in [0.25, 0.3) is 0 Å². The summed E-state index contributed by atoms with van der Waals surface area (Å²) < 4.78 is 21.5. The molecule has 0 aliphatic carbocycles. The van der Waals surface area contributed by atoms with Crippen LogP contribution in [-0.4, -0.2) is 26.5 Å². The number of sulfone groups is 1. The summed E-state index contributed by atoms with van der Waals surface area (Å²) in [6.07, 6.45) is 4.84. The van der Waals surface area contributed by atoms with Gasteiger partial charge in [-0.25, -0.2) is 8.42 Å². The normalized spacial score (nSPS) is 14.6. The highest BCUT2D eigenvalue weighted by molar-refractivity contribution is 7.90. The predicted octanol–water partition coefficient (Wildman–Crippen LogP) is 0.939. The van der Waals surface area contributed by atoms with Gasteiger partial charge in [-0.1, -0.05) is 13.3 Å². The molecule has 0 spiro atoms. The van der Waals surface area contributed by atoms with Crippen molar-refractivity contribution >= 4 is 9.84 Å². The Morgan fingerprint density at radius 2 is 1.92 bits per heavy atom. The molecule has 12 heavy (non-hydrogen) atoms. The molecule has 0 aliphatic heterocycles. The number of nitrogens with two attached hydrogens (primary N) is 1. The summed E-state index contributed by atoms with van der Waals surface area (Å²) in [5.74, 6) is 0.268. The fraction of sp³-hybridized carbons (Fsp3) is 1.00. The standard InChI is InChI=1S/C8H19NO2S/c1-3-5-8(9)6-4-7-12(2,10)11/h8H,3-7,9H2,1-2H3. The van der Waals surface area contributed by atoms with Crippen molar-refractivity contribution in [2.75, 3.05) is 12.0 Å². The van der Waals surface area contributed by atoms with E-state index in [2.05, 4.69) is 6.92 Å². The van der Waals surface area contributed by atoms with Crippen molar-refractivity contribution < 1.29 is 8.42 Å². The highest BCUT2D eigenvalue weighted by Crippen LogP contribution is 2.02. The Hall–Kier alpha value is -0.0900. The van der Waals surface area contributed by atoms with Crippen LogP contribution >= 0.6 is 0 Å². The van der Waals surface area contributed by atoms with Gasteiger partial charge in [0.05, 0.1) is 0 Å². The van der Waals surface area contributed by atoms with Crippen LogP contribution in [-0.2, 0) is 9.84 Å². The molecule has 1 unspecified atom stereocenters. The molecular formula is C8H19NO2S. The summed E-state index contributed by atoms with van der Waals surface area (Å²) in [4.78, 5) is 0. The first-order valence-electron chi connectivity index (χ1n) is 4.39. The predicted molar refractivity (Wildman–Crippen MR) is 51.8 cm³/mol. The third-order valence-corrected chi connectivity index (χ3v) is 2.78.